The lowest BCUT2D eigenvalue weighted by Crippen LogP contribution is -2.07. The lowest BCUT2D eigenvalue weighted by molar-refractivity contribution is 0.297. The second kappa shape index (κ2) is 5.55. The van der Waals surface area contributed by atoms with E-state index < -0.39 is 0 Å². The van der Waals surface area contributed by atoms with E-state index in [0.717, 1.165) is 0 Å². The molecule has 1 aromatic heterocycles. The number of para-hydroxylation sites is 2. The van der Waals surface area contributed by atoms with Crippen molar-refractivity contribution in [2.45, 2.75) is 6.92 Å². The van der Waals surface area contributed by atoms with Gasteiger partial charge in [0.25, 0.3) is 5.95 Å². The summed E-state index contributed by atoms with van der Waals surface area (Å²) in [6.45, 7) is 2.48. The van der Waals surface area contributed by atoms with Gasteiger partial charge in [0.1, 0.15) is 4.99 Å². The summed E-state index contributed by atoms with van der Waals surface area (Å²) < 4.78 is 16.4. The van der Waals surface area contributed by atoms with Gasteiger partial charge in [-0.15, -0.1) is 0 Å². The van der Waals surface area contributed by atoms with Crippen molar-refractivity contribution in [3.8, 4) is 17.4 Å². The number of rotatable bonds is 5. The Morgan fingerprint density at radius 3 is 2.56 bits per heavy atom. The molecule has 1 heterocycles. The molecule has 5 heteroatoms. The van der Waals surface area contributed by atoms with Crippen molar-refractivity contribution in [1.82, 2.24) is 0 Å². The molecule has 0 amide bonds. The fraction of sp³-hybridized carbons (Fsp3) is 0.154. The largest absolute Gasteiger partial charge is 0.490 e. The smallest absolute Gasteiger partial charge is 0.290 e. The third kappa shape index (κ3) is 2.81. The topological polar surface area (TPSA) is 57.6 Å². The zero-order valence-corrected chi connectivity index (χ0v) is 10.7. The minimum absolute atomic E-state index is 0.197. The average Bonchev–Trinajstić information content (AvgIpc) is 2.81. The fourth-order valence-electron chi connectivity index (χ4n) is 1.43. The van der Waals surface area contributed by atoms with E-state index >= 15 is 0 Å². The number of hydrogen-bond acceptors (Lipinski definition) is 4. The molecule has 1 aromatic carbocycles. The summed E-state index contributed by atoms with van der Waals surface area (Å²) >= 11 is 4.81. The van der Waals surface area contributed by atoms with E-state index in [-0.39, 0.29) is 4.99 Å². The lowest BCUT2D eigenvalue weighted by Gasteiger charge is -2.08. The number of furan rings is 1. The van der Waals surface area contributed by atoms with Crippen LogP contribution >= 0.6 is 12.2 Å². The Morgan fingerprint density at radius 2 is 1.94 bits per heavy atom. The highest BCUT2D eigenvalue weighted by atomic mass is 32.1. The normalized spacial score (nSPS) is 10.1. The van der Waals surface area contributed by atoms with E-state index in [9.17, 15) is 0 Å². The van der Waals surface area contributed by atoms with Crippen LogP contribution in [0, 0.1) is 0 Å². The molecule has 0 unspecified atom stereocenters. The Hall–Kier alpha value is -2.01. The second-order valence-corrected chi connectivity index (χ2v) is 3.90. The molecule has 0 radical (unpaired) electrons. The number of thiocarbonyl (C=S) groups is 1. The van der Waals surface area contributed by atoms with Crippen molar-refractivity contribution in [2.24, 2.45) is 5.73 Å². The SMILES string of the molecule is CCOc1ccccc1Oc1ccc(C(N)=S)o1. The Morgan fingerprint density at radius 1 is 1.22 bits per heavy atom. The van der Waals surface area contributed by atoms with Gasteiger partial charge in [0, 0.05) is 6.07 Å². The zero-order valence-electron chi connectivity index (χ0n) is 9.88. The molecule has 0 aliphatic carbocycles. The van der Waals surface area contributed by atoms with Gasteiger partial charge in [-0.25, -0.2) is 0 Å². The summed E-state index contributed by atoms with van der Waals surface area (Å²) in [6.07, 6.45) is 0. The highest BCUT2D eigenvalue weighted by Crippen LogP contribution is 2.32. The molecule has 0 aliphatic heterocycles. The van der Waals surface area contributed by atoms with Crippen LogP contribution in [-0.2, 0) is 0 Å². The fourth-order valence-corrected chi connectivity index (χ4v) is 1.53. The van der Waals surface area contributed by atoms with Gasteiger partial charge in [-0.1, -0.05) is 24.4 Å². The zero-order chi connectivity index (χ0) is 13.0. The van der Waals surface area contributed by atoms with Crippen LogP contribution in [0.3, 0.4) is 0 Å². The van der Waals surface area contributed by atoms with Gasteiger partial charge in [-0.05, 0) is 25.1 Å². The van der Waals surface area contributed by atoms with Crippen LogP contribution in [0.2, 0.25) is 0 Å². The van der Waals surface area contributed by atoms with Crippen LogP contribution < -0.4 is 15.2 Å². The Balaban J connectivity index is 2.19. The van der Waals surface area contributed by atoms with E-state index in [1.165, 1.54) is 0 Å². The molecule has 0 bridgehead atoms. The van der Waals surface area contributed by atoms with E-state index in [2.05, 4.69) is 0 Å². The van der Waals surface area contributed by atoms with Crippen LogP contribution in [0.4, 0.5) is 0 Å². The predicted octanol–water partition coefficient (Wildman–Crippen LogP) is 3.10. The van der Waals surface area contributed by atoms with Crippen LogP contribution in [0.5, 0.6) is 17.4 Å². The summed E-state index contributed by atoms with van der Waals surface area (Å²) in [6, 6.07) is 10.7. The third-order valence-corrected chi connectivity index (χ3v) is 2.38. The number of nitrogens with two attached hydrogens (primary N) is 1. The average molecular weight is 263 g/mol. The number of benzene rings is 1. The molecular formula is C13H13NO3S. The first-order valence-corrected chi connectivity index (χ1v) is 5.91. The molecule has 0 saturated heterocycles. The van der Waals surface area contributed by atoms with Gasteiger partial charge in [-0.3, -0.25) is 0 Å². The Labute approximate surface area is 110 Å². The maximum Gasteiger partial charge on any atom is 0.290 e. The van der Waals surface area contributed by atoms with Gasteiger partial charge < -0.3 is 19.6 Å². The third-order valence-electron chi connectivity index (χ3n) is 2.18. The van der Waals surface area contributed by atoms with Crippen LogP contribution in [0.1, 0.15) is 12.7 Å². The van der Waals surface area contributed by atoms with Gasteiger partial charge in [0.05, 0.1) is 6.61 Å². The van der Waals surface area contributed by atoms with E-state index in [4.69, 9.17) is 31.8 Å². The molecule has 18 heavy (non-hydrogen) atoms. The first-order valence-electron chi connectivity index (χ1n) is 5.50. The summed E-state index contributed by atoms with van der Waals surface area (Å²) in [5.74, 6) is 2.00. The van der Waals surface area contributed by atoms with Crippen LogP contribution in [0.15, 0.2) is 40.8 Å². The van der Waals surface area contributed by atoms with E-state index in [1.54, 1.807) is 18.2 Å². The van der Waals surface area contributed by atoms with Crippen molar-refractivity contribution in [1.29, 1.82) is 0 Å². The highest BCUT2D eigenvalue weighted by Gasteiger charge is 2.09. The molecule has 2 rings (SSSR count). The molecule has 2 aromatic rings. The summed E-state index contributed by atoms with van der Waals surface area (Å²) in [5.41, 5.74) is 5.46. The van der Waals surface area contributed by atoms with Crippen molar-refractivity contribution in [3.63, 3.8) is 0 Å². The Bertz CT molecular complexity index is 551. The van der Waals surface area contributed by atoms with Gasteiger partial charge >= 0.3 is 0 Å². The molecular weight excluding hydrogens is 250 g/mol. The van der Waals surface area contributed by atoms with Crippen LogP contribution in [0.25, 0.3) is 0 Å². The summed E-state index contributed by atoms with van der Waals surface area (Å²) in [4.78, 5) is 0.197. The summed E-state index contributed by atoms with van der Waals surface area (Å²) in [7, 11) is 0. The molecule has 4 nitrogen and oxygen atoms in total. The first kappa shape index (κ1) is 12.4. The van der Waals surface area contributed by atoms with Crippen molar-refractivity contribution in [3.05, 3.63) is 42.2 Å². The van der Waals surface area contributed by atoms with Crippen molar-refractivity contribution < 1.29 is 13.9 Å². The monoisotopic (exact) mass is 263 g/mol. The minimum atomic E-state index is 0.197. The minimum Gasteiger partial charge on any atom is -0.490 e. The maximum absolute atomic E-state index is 5.59. The van der Waals surface area contributed by atoms with E-state index in [0.29, 0.717) is 29.8 Å². The van der Waals surface area contributed by atoms with Gasteiger partial charge in [0.15, 0.2) is 17.3 Å². The quantitative estimate of drug-likeness (QED) is 0.840. The Kier molecular flexibility index (Phi) is 3.84. The van der Waals surface area contributed by atoms with Crippen LogP contribution in [-0.4, -0.2) is 11.6 Å². The number of ether oxygens (including phenoxy) is 2. The van der Waals surface area contributed by atoms with Crippen molar-refractivity contribution >= 4 is 17.2 Å². The second-order valence-electron chi connectivity index (χ2n) is 3.46. The van der Waals surface area contributed by atoms with Gasteiger partial charge in [0.2, 0.25) is 0 Å². The molecule has 0 saturated carbocycles. The highest BCUT2D eigenvalue weighted by molar-refractivity contribution is 7.80. The molecule has 0 aliphatic rings. The molecule has 0 fully saturated rings. The van der Waals surface area contributed by atoms with E-state index in [1.807, 2.05) is 25.1 Å². The molecule has 0 spiro atoms. The standard InChI is InChI=1S/C13H13NO3S/c1-2-15-9-5-3-4-6-10(9)16-12-8-7-11(17-12)13(14)18/h3-8H,2H2,1H3,(H2,14,18). The maximum atomic E-state index is 5.59. The lowest BCUT2D eigenvalue weighted by atomic mass is 10.3. The molecule has 2 N–H and O–H groups in total. The number of hydrogen-bond donors (Lipinski definition) is 1. The predicted molar refractivity (Wildman–Crippen MR) is 72.3 cm³/mol. The molecule has 0 atom stereocenters. The van der Waals surface area contributed by atoms with Crippen molar-refractivity contribution in [2.75, 3.05) is 6.61 Å². The summed E-state index contributed by atoms with van der Waals surface area (Å²) in [5, 5.41) is 0. The van der Waals surface area contributed by atoms with Gasteiger partial charge in [-0.2, -0.15) is 0 Å². The molecule has 94 valence electrons. The first-order chi connectivity index (χ1) is 8.70.